The summed E-state index contributed by atoms with van der Waals surface area (Å²) in [6.45, 7) is 3.17. The van der Waals surface area contributed by atoms with E-state index in [9.17, 15) is 4.79 Å². The van der Waals surface area contributed by atoms with E-state index in [1.165, 1.54) is 18.5 Å². The molecule has 8 heteroatoms. The fraction of sp³-hybridized carbons (Fsp3) is 0.286. The van der Waals surface area contributed by atoms with Crippen molar-refractivity contribution in [2.45, 2.75) is 25.7 Å². The van der Waals surface area contributed by atoms with Gasteiger partial charge in [-0.2, -0.15) is 5.10 Å². The molecule has 0 spiro atoms. The van der Waals surface area contributed by atoms with Crippen molar-refractivity contribution >= 4 is 23.2 Å². The third-order valence-electron chi connectivity index (χ3n) is 5.33. The quantitative estimate of drug-likeness (QED) is 0.602. The van der Waals surface area contributed by atoms with Crippen LogP contribution >= 0.6 is 0 Å². The van der Waals surface area contributed by atoms with Gasteiger partial charge in [0.1, 0.15) is 12.7 Å². The van der Waals surface area contributed by atoms with E-state index in [1.807, 2.05) is 43.6 Å². The second kappa shape index (κ2) is 7.21. The Kier molecular flexibility index (Phi) is 4.40. The van der Waals surface area contributed by atoms with Crippen LogP contribution in [0.3, 0.4) is 0 Å². The standard InChI is InChI=1S/C21H23N7O/c1-2-22-21(29)15-4-3-5-16(10-15)27-12-19-23-8-9-28(19)20(13-27)24-18-11-17(25-26-18)14-6-7-14/h3-5,8-11,13-14H,2,6-7,12H2,1H3,(H,22,29)(H2,24,25,26)/p+1. The fourth-order valence-electron chi connectivity index (χ4n) is 3.67. The van der Waals surface area contributed by atoms with Crippen molar-refractivity contribution in [3.63, 3.8) is 0 Å². The summed E-state index contributed by atoms with van der Waals surface area (Å²) in [5, 5.41) is 13.8. The zero-order valence-corrected chi connectivity index (χ0v) is 16.3. The van der Waals surface area contributed by atoms with E-state index in [2.05, 4.69) is 43.0 Å². The van der Waals surface area contributed by atoms with E-state index < -0.39 is 0 Å². The molecule has 4 N–H and O–H groups in total. The Morgan fingerprint density at radius 3 is 3.07 bits per heavy atom. The molecule has 29 heavy (non-hydrogen) atoms. The topological polar surface area (TPSA) is 89.9 Å². The number of quaternary nitrogens is 1. The van der Waals surface area contributed by atoms with Gasteiger partial charge in [0.25, 0.3) is 5.91 Å². The summed E-state index contributed by atoms with van der Waals surface area (Å²) in [4.78, 5) is 19.9. The van der Waals surface area contributed by atoms with Crippen LogP contribution in [0, 0.1) is 0 Å². The minimum atomic E-state index is -0.0649. The largest absolute Gasteiger partial charge is 0.352 e. The number of nitrogens with zero attached hydrogens (tertiary/aromatic N) is 3. The number of rotatable bonds is 6. The number of H-pyrrole nitrogens is 1. The first-order chi connectivity index (χ1) is 14.2. The van der Waals surface area contributed by atoms with Gasteiger partial charge in [0.05, 0.1) is 12.4 Å². The second-order valence-corrected chi connectivity index (χ2v) is 7.49. The smallest absolute Gasteiger partial charge is 0.251 e. The van der Waals surface area contributed by atoms with Crippen LogP contribution in [-0.2, 0) is 0 Å². The van der Waals surface area contributed by atoms with E-state index in [1.54, 1.807) is 0 Å². The maximum absolute atomic E-state index is 12.2. The number of anilines is 2. The Balaban J connectivity index is 1.42. The number of fused-ring (bicyclic) bond motifs is 1. The van der Waals surface area contributed by atoms with E-state index >= 15 is 0 Å². The average molecular weight is 390 g/mol. The molecule has 5 rings (SSSR count). The third-order valence-corrected chi connectivity index (χ3v) is 5.33. The van der Waals surface area contributed by atoms with Crippen LogP contribution < -0.4 is 20.4 Å². The Labute approximate surface area is 169 Å². The van der Waals surface area contributed by atoms with Gasteiger partial charge in [-0.25, -0.2) is 9.89 Å². The van der Waals surface area contributed by atoms with E-state index in [0.717, 1.165) is 28.1 Å². The number of hydrogen-bond acceptors (Lipinski definition) is 5. The molecule has 1 unspecified atom stereocenters. The van der Waals surface area contributed by atoms with Crippen molar-refractivity contribution in [1.29, 1.82) is 0 Å². The number of hydrogen-bond donors (Lipinski definition) is 4. The van der Waals surface area contributed by atoms with Crippen LogP contribution in [0.1, 0.15) is 41.7 Å². The van der Waals surface area contributed by atoms with Gasteiger partial charge in [-0.05, 0) is 38.0 Å². The lowest BCUT2D eigenvalue weighted by Crippen LogP contribution is -3.10. The molecule has 1 fully saturated rings. The minimum absolute atomic E-state index is 0.0649. The Morgan fingerprint density at radius 2 is 2.24 bits per heavy atom. The fourth-order valence-corrected chi connectivity index (χ4v) is 3.67. The van der Waals surface area contributed by atoms with Crippen LogP contribution in [0.25, 0.3) is 0 Å². The van der Waals surface area contributed by atoms with Crippen molar-refractivity contribution in [3.05, 3.63) is 66.0 Å². The first kappa shape index (κ1) is 17.7. The molecule has 2 aliphatic heterocycles. The number of carbonyl (C=O) groups excluding carboxylic acids is 1. The molecule has 148 valence electrons. The summed E-state index contributed by atoms with van der Waals surface area (Å²) in [6.07, 6.45) is 8.38. The molecule has 1 saturated carbocycles. The molecule has 3 aliphatic rings. The number of aromatic amines is 1. The average Bonchev–Trinajstić information content (AvgIpc) is 3.29. The maximum Gasteiger partial charge on any atom is 0.251 e. The number of aromatic nitrogens is 2. The highest BCUT2D eigenvalue weighted by Crippen LogP contribution is 2.39. The van der Waals surface area contributed by atoms with Crippen molar-refractivity contribution in [1.82, 2.24) is 15.5 Å². The van der Waals surface area contributed by atoms with E-state index in [4.69, 9.17) is 0 Å². The highest BCUT2D eigenvalue weighted by Gasteiger charge is 2.33. The first-order valence-corrected chi connectivity index (χ1v) is 10.0. The number of benzene rings is 1. The maximum atomic E-state index is 12.2. The molecule has 1 aromatic heterocycles. The minimum Gasteiger partial charge on any atom is -0.352 e. The molecule has 0 radical (unpaired) electrons. The second-order valence-electron chi connectivity index (χ2n) is 7.49. The third kappa shape index (κ3) is 3.54. The molecule has 0 bridgehead atoms. The van der Waals surface area contributed by atoms with Gasteiger partial charge in [0, 0.05) is 35.5 Å². The van der Waals surface area contributed by atoms with Crippen LogP contribution in [0.15, 0.2) is 59.7 Å². The van der Waals surface area contributed by atoms with Crippen LogP contribution in [-0.4, -0.2) is 35.0 Å². The Hall–Kier alpha value is -3.39. The monoisotopic (exact) mass is 390 g/mol. The van der Waals surface area contributed by atoms with Gasteiger partial charge in [-0.15, -0.1) is 0 Å². The molecule has 1 aromatic carbocycles. The molecule has 1 atom stereocenters. The number of nitrogens with one attached hydrogen (secondary N) is 4. The van der Waals surface area contributed by atoms with Gasteiger partial charge in [-0.1, -0.05) is 6.07 Å². The lowest BCUT2D eigenvalue weighted by atomic mass is 10.1. The van der Waals surface area contributed by atoms with E-state index in [-0.39, 0.29) is 5.91 Å². The summed E-state index contributed by atoms with van der Waals surface area (Å²) in [5.74, 6) is 3.31. The van der Waals surface area contributed by atoms with Crippen molar-refractivity contribution < 1.29 is 9.69 Å². The zero-order valence-electron chi connectivity index (χ0n) is 16.3. The summed E-state index contributed by atoms with van der Waals surface area (Å²) in [7, 11) is 0. The molecular weight excluding hydrogens is 366 g/mol. The predicted molar refractivity (Wildman–Crippen MR) is 112 cm³/mol. The molecule has 2 aromatic rings. The van der Waals surface area contributed by atoms with Gasteiger partial charge in [-0.3, -0.25) is 15.2 Å². The molecule has 3 heterocycles. The van der Waals surface area contributed by atoms with Crippen LogP contribution in [0.4, 0.5) is 11.5 Å². The lowest BCUT2D eigenvalue weighted by Gasteiger charge is -2.29. The summed E-state index contributed by atoms with van der Waals surface area (Å²) < 4.78 is 0. The van der Waals surface area contributed by atoms with Crippen LogP contribution in [0.2, 0.25) is 0 Å². The van der Waals surface area contributed by atoms with Crippen molar-refractivity contribution in [2.24, 2.45) is 4.99 Å². The SMILES string of the molecule is CCNC(=O)c1cccc(N2C=C(Nc3cc(C4CC4)[nH]n3)[NH+]3C=CN=C3C2)c1. The van der Waals surface area contributed by atoms with Gasteiger partial charge in [0.15, 0.2) is 5.82 Å². The summed E-state index contributed by atoms with van der Waals surface area (Å²) in [6, 6.07) is 9.74. The van der Waals surface area contributed by atoms with Gasteiger partial charge in [0.2, 0.25) is 11.7 Å². The molecule has 1 aliphatic carbocycles. The van der Waals surface area contributed by atoms with Crippen LogP contribution in [0.5, 0.6) is 0 Å². The summed E-state index contributed by atoms with van der Waals surface area (Å²) >= 11 is 0. The number of amidine groups is 1. The normalized spacial score (nSPS) is 20.2. The van der Waals surface area contributed by atoms with E-state index in [0.29, 0.717) is 24.6 Å². The Bertz CT molecular complexity index is 1030. The molecule has 1 amide bonds. The van der Waals surface area contributed by atoms with Crippen molar-refractivity contribution in [3.8, 4) is 0 Å². The molecule has 0 saturated heterocycles. The Morgan fingerprint density at radius 1 is 1.34 bits per heavy atom. The number of aliphatic imine (C=N–C) groups is 1. The van der Waals surface area contributed by atoms with Gasteiger partial charge < -0.3 is 10.2 Å². The highest BCUT2D eigenvalue weighted by molar-refractivity contribution is 5.95. The first-order valence-electron chi connectivity index (χ1n) is 10.0. The summed E-state index contributed by atoms with van der Waals surface area (Å²) in [5.41, 5.74) is 2.79. The molecule has 8 nitrogen and oxygen atoms in total. The highest BCUT2D eigenvalue weighted by atomic mass is 16.1. The number of carbonyl (C=O) groups is 1. The predicted octanol–water partition coefficient (Wildman–Crippen LogP) is 1.54. The zero-order chi connectivity index (χ0) is 19.8. The number of amides is 1. The van der Waals surface area contributed by atoms with Crippen molar-refractivity contribution in [2.75, 3.05) is 23.3 Å². The molecular formula is C21H24N7O+. The van der Waals surface area contributed by atoms with Gasteiger partial charge >= 0.3 is 0 Å². The lowest BCUT2D eigenvalue weighted by molar-refractivity contribution is -0.698.